The fourth-order valence-electron chi connectivity index (χ4n) is 2.42. The Morgan fingerprint density at radius 1 is 1.17 bits per heavy atom. The Morgan fingerprint density at radius 2 is 1.78 bits per heavy atom. The number of guanidine groups is 1. The van der Waals surface area contributed by atoms with E-state index in [2.05, 4.69) is 36.4 Å². The van der Waals surface area contributed by atoms with Gasteiger partial charge in [0.05, 0.1) is 0 Å². The molecule has 0 aromatic carbocycles. The van der Waals surface area contributed by atoms with E-state index in [9.17, 15) is 9.59 Å². The van der Waals surface area contributed by atoms with Gasteiger partial charge in [-0.05, 0) is 32.1 Å². The van der Waals surface area contributed by atoms with Crippen molar-refractivity contribution < 1.29 is 9.59 Å². The van der Waals surface area contributed by atoms with E-state index in [1.165, 1.54) is 11.3 Å². The number of piperidine rings is 1. The summed E-state index contributed by atoms with van der Waals surface area (Å²) in [7, 11) is 1.72. The molecule has 1 aliphatic rings. The second-order valence-corrected chi connectivity index (χ2v) is 6.31. The molecule has 2 N–H and O–H groups in total. The molecule has 1 aliphatic heterocycles. The van der Waals surface area contributed by atoms with Gasteiger partial charge in [-0.1, -0.05) is 13.8 Å². The predicted molar refractivity (Wildman–Crippen MR) is 104 cm³/mol. The van der Waals surface area contributed by atoms with Gasteiger partial charge in [-0.15, -0.1) is 24.0 Å². The average Bonchev–Trinajstić information content (AvgIpc) is 2.47. The number of nitrogens with one attached hydrogen (secondary N) is 2. The summed E-state index contributed by atoms with van der Waals surface area (Å²) in [5.41, 5.74) is 0. The van der Waals surface area contributed by atoms with Crippen molar-refractivity contribution in [3.63, 3.8) is 0 Å². The molecule has 0 bridgehead atoms. The summed E-state index contributed by atoms with van der Waals surface area (Å²) in [4.78, 5) is 29.0. The van der Waals surface area contributed by atoms with E-state index in [4.69, 9.17) is 0 Å². The highest BCUT2D eigenvalue weighted by Gasteiger charge is 2.25. The number of likely N-dealkylation sites (tertiary alicyclic amines) is 1. The molecule has 1 heterocycles. The summed E-state index contributed by atoms with van der Waals surface area (Å²) in [5, 5.41) is 6.50. The van der Waals surface area contributed by atoms with Crippen LogP contribution in [-0.4, -0.2) is 48.9 Å². The summed E-state index contributed by atoms with van der Waals surface area (Å²) >= 11 is 0. The zero-order chi connectivity index (χ0) is 16.5. The Labute approximate surface area is 156 Å². The van der Waals surface area contributed by atoms with Gasteiger partial charge in [0, 0.05) is 39.0 Å². The standard InChI is InChI=1S/C16H30N4O2.HI/c1-12(2)8-9-13(3)19-16(17-4)18-10-11-20-14(21)6-5-7-15(20)22;/h12-13H,5-11H2,1-4H3,(H2,17,18,19);1H. The molecule has 0 aliphatic carbocycles. The Bertz CT molecular complexity index is 397. The van der Waals surface area contributed by atoms with Crippen LogP contribution in [0.25, 0.3) is 0 Å². The first-order valence-corrected chi connectivity index (χ1v) is 8.24. The third-order valence-corrected chi connectivity index (χ3v) is 3.80. The molecule has 0 aromatic heterocycles. The fourth-order valence-corrected chi connectivity index (χ4v) is 2.42. The van der Waals surface area contributed by atoms with Gasteiger partial charge in [-0.25, -0.2) is 0 Å². The fraction of sp³-hybridized carbons (Fsp3) is 0.812. The van der Waals surface area contributed by atoms with E-state index in [0.29, 0.717) is 50.3 Å². The van der Waals surface area contributed by atoms with Crippen molar-refractivity contribution in [3.8, 4) is 0 Å². The second-order valence-electron chi connectivity index (χ2n) is 6.31. The van der Waals surface area contributed by atoms with Gasteiger partial charge in [0.15, 0.2) is 5.96 Å². The Hall–Kier alpha value is -0.860. The van der Waals surface area contributed by atoms with Crippen LogP contribution >= 0.6 is 24.0 Å². The summed E-state index contributed by atoms with van der Waals surface area (Å²) in [6, 6.07) is 0.340. The van der Waals surface area contributed by atoms with Gasteiger partial charge in [0.25, 0.3) is 0 Å². The highest BCUT2D eigenvalue weighted by atomic mass is 127. The molecular formula is C16H31IN4O2. The first-order chi connectivity index (χ1) is 10.4. The number of aliphatic imine (C=N–C) groups is 1. The van der Waals surface area contributed by atoms with Crippen LogP contribution in [0.2, 0.25) is 0 Å². The van der Waals surface area contributed by atoms with Gasteiger partial charge < -0.3 is 10.6 Å². The highest BCUT2D eigenvalue weighted by molar-refractivity contribution is 14.0. The van der Waals surface area contributed by atoms with E-state index in [1.54, 1.807) is 7.05 Å². The van der Waals surface area contributed by atoms with Crippen molar-refractivity contribution in [1.82, 2.24) is 15.5 Å². The van der Waals surface area contributed by atoms with Crippen molar-refractivity contribution in [1.29, 1.82) is 0 Å². The van der Waals surface area contributed by atoms with E-state index < -0.39 is 0 Å². The van der Waals surface area contributed by atoms with Crippen LogP contribution in [-0.2, 0) is 9.59 Å². The minimum atomic E-state index is -0.0636. The Kier molecular flexibility index (Phi) is 11.2. The maximum Gasteiger partial charge on any atom is 0.229 e. The Balaban J connectivity index is 0.00000484. The van der Waals surface area contributed by atoms with Crippen LogP contribution in [0.5, 0.6) is 0 Å². The topological polar surface area (TPSA) is 73.8 Å². The van der Waals surface area contributed by atoms with Gasteiger partial charge in [-0.2, -0.15) is 0 Å². The molecule has 1 rings (SSSR count). The smallest absolute Gasteiger partial charge is 0.229 e. The van der Waals surface area contributed by atoms with Gasteiger partial charge in [0.2, 0.25) is 11.8 Å². The molecule has 0 aromatic rings. The maximum absolute atomic E-state index is 11.7. The van der Waals surface area contributed by atoms with Crippen LogP contribution in [0.3, 0.4) is 0 Å². The molecule has 1 unspecified atom stereocenters. The zero-order valence-corrected chi connectivity index (χ0v) is 17.1. The lowest BCUT2D eigenvalue weighted by molar-refractivity contribution is -0.147. The van der Waals surface area contributed by atoms with Crippen LogP contribution < -0.4 is 10.6 Å². The average molecular weight is 438 g/mol. The third-order valence-electron chi connectivity index (χ3n) is 3.80. The molecule has 134 valence electrons. The number of carbonyl (C=O) groups excluding carboxylic acids is 2. The summed E-state index contributed by atoms with van der Waals surface area (Å²) < 4.78 is 0. The Morgan fingerprint density at radius 3 is 2.30 bits per heavy atom. The van der Waals surface area contributed by atoms with Crippen LogP contribution in [0.1, 0.15) is 52.9 Å². The highest BCUT2D eigenvalue weighted by Crippen LogP contribution is 2.11. The molecule has 6 nitrogen and oxygen atoms in total. The summed E-state index contributed by atoms with van der Waals surface area (Å²) in [5.74, 6) is 1.28. The first kappa shape index (κ1) is 22.1. The van der Waals surface area contributed by atoms with Crippen molar-refractivity contribution in [2.24, 2.45) is 10.9 Å². The normalized spacial score (nSPS) is 17.1. The number of carbonyl (C=O) groups is 2. The van der Waals surface area contributed by atoms with Crippen LogP contribution in [0.15, 0.2) is 4.99 Å². The second kappa shape index (κ2) is 11.6. The van der Waals surface area contributed by atoms with Crippen molar-refractivity contribution in [2.75, 3.05) is 20.1 Å². The molecule has 1 atom stereocenters. The quantitative estimate of drug-likeness (QED) is 0.277. The molecule has 0 spiro atoms. The van der Waals surface area contributed by atoms with Crippen LogP contribution in [0.4, 0.5) is 0 Å². The van der Waals surface area contributed by atoms with Crippen LogP contribution in [0, 0.1) is 5.92 Å². The monoisotopic (exact) mass is 438 g/mol. The van der Waals surface area contributed by atoms with Gasteiger partial charge >= 0.3 is 0 Å². The molecule has 1 fully saturated rings. The van der Waals surface area contributed by atoms with Crippen molar-refractivity contribution in [3.05, 3.63) is 0 Å². The van der Waals surface area contributed by atoms with Gasteiger partial charge in [0.1, 0.15) is 0 Å². The number of rotatable bonds is 7. The lowest BCUT2D eigenvalue weighted by atomic mass is 10.0. The summed E-state index contributed by atoms with van der Waals surface area (Å²) in [6.45, 7) is 7.48. The van der Waals surface area contributed by atoms with Gasteiger partial charge in [-0.3, -0.25) is 19.5 Å². The number of halogens is 1. The molecule has 0 radical (unpaired) electrons. The zero-order valence-electron chi connectivity index (χ0n) is 14.7. The molecule has 1 saturated heterocycles. The minimum absolute atomic E-state index is 0. The molecule has 23 heavy (non-hydrogen) atoms. The lowest BCUT2D eigenvalue weighted by Crippen LogP contribution is -2.48. The number of nitrogens with zero attached hydrogens (tertiary/aromatic N) is 2. The third kappa shape index (κ3) is 8.53. The lowest BCUT2D eigenvalue weighted by Gasteiger charge is -2.25. The number of amides is 2. The number of imide groups is 1. The predicted octanol–water partition coefficient (Wildman–Crippen LogP) is 2.13. The number of hydrogen-bond donors (Lipinski definition) is 2. The van der Waals surface area contributed by atoms with E-state index in [0.717, 1.165) is 6.42 Å². The number of hydrogen-bond acceptors (Lipinski definition) is 3. The van der Waals surface area contributed by atoms with Crippen molar-refractivity contribution in [2.45, 2.75) is 58.9 Å². The summed E-state index contributed by atoms with van der Waals surface area (Å²) in [6.07, 6.45) is 3.89. The molecular weight excluding hydrogens is 407 g/mol. The molecule has 7 heteroatoms. The largest absolute Gasteiger partial charge is 0.355 e. The van der Waals surface area contributed by atoms with E-state index in [1.807, 2.05) is 0 Å². The molecule has 2 amide bonds. The minimum Gasteiger partial charge on any atom is -0.355 e. The van der Waals surface area contributed by atoms with E-state index >= 15 is 0 Å². The molecule has 0 saturated carbocycles. The van der Waals surface area contributed by atoms with Crippen molar-refractivity contribution >= 4 is 41.8 Å². The first-order valence-electron chi connectivity index (χ1n) is 8.24. The SMILES string of the molecule is CN=C(NCCN1C(=O)CCCC1=O)NC(C)CCC(C)C.I. The maximum atomic E-state index is 11.7. The van der Waals surface area contributed by atoms with E-state index in [-0.39, 0.29) is 35.8 Å².